The van der Waals surface area contributed by atoms with E-state index in [4.69, 9.17) is 16.3 Å². The second-order valence-electron chi connectivity index (χ2n) is 2.02. The quantitative estimate of drug-likeness (QED) is 0.532. The standard InChI is InChI=1S/C9H8ClNO.ClH/c1-12-9-5-4-8(7-11-9)3-2-6-10;/h4-5,7H,6H2,1H3;1H. The van der Waals surface area contributed by atoms with Crippen LogP contribution in [0.2, 0.25) is 0 Å². The van der Waals surface area contributed by atoms with Gasteiger partial charge in [0.25, 0.3) is 0 Å². The molecule has 0 radical (unpaired) electrons. The fraction of sp³-hybridized carbons (Fsp3) is 0.222. The van der Waals surface area contributed by atoms with Gasteiger partial charge in [0.05, 0.1) is 13.0 Å². The molecule has 1 aromatic rings. The van der Waals surface area contributed by atoms with Crippen molar-refractivity contribution in [2.45, 2.75) is 0 Å². The highest BCUT2D eigenvalue weighted by atomic mass is 35.5. The molecule has 0 bridgehead atoms. The molecular formula is C9H9Cl2NO. The Morgan fingerprint density at radius 1 is 1.54 bits per heavy atom. The zero-order valence-electron chi connectivity index (χ0n) is 7.08. The number of ether oxygens (including phenoxy) is 1. The van der Waals surface area contributed by atoms with E-state index in [-0.39, 0.29) is 12.4 Å². The number of nitrogens with zero attached hydrogens (tertiary/aromatic N) is 1. The van der Waals surface area contributed by atoms with E-state index in [1.807, 2.05) is 6.07 Å². The smallest absolute Gasteiger partial charge is 0.212 e. The van der Waals surface area contributed by atoms with Gasteiger partial charge in [0.2, 0.25) is 5.88 Å². The van der Waals surface area contributed by atoms with Crippen LogP contribution in [0, 0.1) is 11.8 Å². The molecule has 4 heteroatoms. The van der Waals surface area contributed by atoms with Crippen molar-refractivity contribution in [3.8, 4) is 17.7 Å². The number of pyridine rings is 1. The number of hydrogen-bond donors (Lipinski definition) is 0. The molecular weight excluding hydrogens is 209 g/mol. The highest BCUT2D eigenvalue weighted by molar-refractivity contribution is 6.19. The first-order valence-electron chi connectivity index (χ1n) is 3.41. The Hall–Kier alpha value is -0.910. The molecule has 0 atom stereocenters. The van der Waals surface area contributed by atoms with Gasteiger partial charge in [0, 0.05) is 17.8 Å². The fourth-order valence-electron chi connectivity index (χ4n) is 0.710. The lowest BCUT2D eigenvalue weighted by molar-refractivity contribution is 0.398. The van der Waals surface area contributed by atoms with Gasteiger partial charge >= 0.3 is 0 Å². The van der Waals surface area contributed by atoms with Crippen LogP contribution < -0.4 is 4.74 Å². The van der Waals surface area contributed by atoms with Gasteiger partial charge in [0.15, 0.2) is 0 Å². The third-order valence-corrected chi connectivity index (χ3v) is 1.38. The van der Waals surface area contributed by atoms with Gasteiger partial charge in [-0.15, -0.1) is 24.0 Å². The summed E-state index contributed by atoms with van der Waals surface area (Å²) in [4.78, 5) is 3.98. The Balaban J connectivity index is 0.00000144. The Morgan fingerprint density at radius 3 is 2.77 bits per heavy atom. The van der Waals surface area contributed by atoms with Crippen LogP contribution in [0.15, 0.2) is 18.3 Å². The first-order chi connectivity index (χ1) is 5.86. The first kappa shape index (κ1) is 12.1. The van der Waals surface area contributed by atoms with Gasteiger partial charge < -0.3 is 4.74 Å². The van der Waals surface area contributed by atoms with Crippen molar-refractivity contribution >= 4 is 24.0 Å². The van der Waals surface area contributed by atoms with Crippen molar-refractivity contribution in [1.29, 1.82) is 0 Å². The minimum atomic E-state index is 0. The zero-order valence-corrected chi connectivity index (χ0v) is 8.65. The lowest BCUT2D eigenvalue weighted by atomic mass is 10.3. The molecule has 0 aliphatic carbocycles. The van der Waals surface area contributed by atoms with Crippen LogP contribution in [0.1, 0.15) is 5.56 Å². The normalized spacial score (nSPS) is 7.85. The van der Waals surface area contributed by atoms with E-state index in [0.717, 1.165) is 5.56 Å². The Morgan fingerprint density at radius 2 is 2.31 bits per heavy atom. The summed E-state index contributed by atoms with van der Waals surface area (Å²) in [5.41, 5.74) is 0.844. The number of aromatic nitrogens is 1. The van der Waals surface area contributed by atoms with E-state index in [0.29, 0.717) is 11.8 Å². The van der Waals surface area contributed by atoms with Gasteiger partial charge in [-0.1, -0.05) is 11.8 Å². The monoisotopic (exact) mass is 217 g/mol. The van der Waals surface area contributed by atoms with Crippen molar-refractivity contribution in [2.75, 3.05) is 13.0 Å². The van der Waals surface area contributed by atoms with Crippen LogP contribution in [0.5, 0.6) is 5.88 Å². The molecule has 0 N–H and O–H groups in total. The maximum atomic E-state index is 5.39. The summed E-state index contributed by atoms with van der Waals surface area (Å²) in [6, 6.07) is 3.60. The van der Waals surface area contributed by atoms with Crippen molar-refractivity contribution in [3.63, 3.8) is 0 Å². The second-order valence-corrected chi connectivity index (χ2v) is 2.29. The Bertz CT molecular complexity index is 300. The lowest BCUT2D eigenvalue weighted by Gasteiger charge is -1.95. The van der Waals surface area contributed by atoms with E-state index in [1.54, 1.807) is 19.4 Å². The molecule has 1 aromatic heterocycles. The third kappa shape index (κ3) is 4.02. The average Bonchev–Trinajstić information content (AvgIpc) is 2.15. The molecule has 2 nitrogen and oxygen atoms in total. The number of halogens is 2. The van der Waals surface area contributed by atoms with Crippen LogP contribution in [-0.2, 0) is 0 Å². The van der Waals surface area contributed by atoms with Crippen LogP contribution >= 0.6 is 24.0 Å². The number of methoxy groups -OCH3 is 1. The molecule has 0 saturated heterocycles. The van der Waals surface area contributed by atoms with E-state index in [2.05, 4.69) is 16.8 Å². The second kappa shape index (κ2) is 6.59. The SMILES string of the molecule is COc1ccc(C#CCCl)cn1.Cl. The molecule has 0 amide bonds. The molecule has 0 saturated carbocycles. The zero-order chi connectivity index (χ0) is 8.81. The minimum Gasteiger partial charge on any atom is -0.481 e. The lowest BCUT2D eigenvalue weighted by Crippen LogP contribution is -1.86. The molecule has 0 aliphatic heterocycles. The summed E-state index contributed by atoms with van der Waals surface area (Å²) in [7, 11) is 1.58. The van der Waals surface area contributed by atoms with Gasteiger partial charge in [0.1, 0.15) is 0 Å². The van der Waals surface area contributed by atoms with Crippen molar-refractivity contribution in [2.24, 2.45) is 0 Å². The summed E-state index contributed by atoms with van der Waals surface area (Å²) in [5, 5.41) is 0. The van der Waals surface area contributed by atoms with Crippen LogP contribution in [-0.4, -0.2) is 18.0 Å². The predicted molar refractivity (Wildman–Crippen MR) is 55.6 cm³/mol. The Kier molecular flexibility index (Phi) is 6.13. The van der Waals surface area contributed by atoms with Crippen molar-refractivity contribution in [1.82, 2.24) is 4.98 Å². The van der Waals surface area contributed by atoms with E-state index in [9.17, 15) is 0 Å². The largest absolute Gasteiger partial charge is 0.481 e. The maximum absolute atomic E-state index is 5.39. The maximum Gasteiger partial charge on any atom is 0.212 e. The van der Waals surface area contributed by atoms with Crippen LogP contribution in [0.3, 0.4) is 0 Å². The first-order valence-corrected chi connectivity index (χ1v) is 3.95. The van der Waals surface area contributed by atoms with Gasteiger partial charge in [-0.3, -0.25) is 0 Å². The summed E-state index contributed by atoms with van der Waals surface area (Å²) in [6.45, 7) is 0. The molecule has 0 aliphatic rings. The topological polar surface area (TPSA) is 22.1 Å². The molecule has 0 aromatic carbocycles. The average molecular weight is 218 g/mol. The number of hydrogen-bond acceptors (Lipinski definition) is 2. The molecule has 1 heterocycles. The molecule has 0 fully saturated rings. The van der Waals surface area contributed by atoms with E-state index >= 15 is 0 Å². The molecule has 13 heavy (non-hydrogen) atoms. The predicted octanol–water partition coefficient (Wildman–Crippen LogP) is 2.10. The number of alkyl halides is 1. The highest BCUT2D eigenvalue weighted by Crippen LogP contribution is 2.04. The summed E-state index contributed by atoms with van der Waals surface area (Å²) in [5.74, 6) is 6.51. The summed E-state index contributed by atoms with van der Waals surface area (Å²) >= 11 is 5.39. The van der Waals surface area contributed by atoms with E-state index < -0.39 is 0 Å². The van der Waals surface area contributed by atoms with Gasteiger partial charge in [-0.2, -0.15) is 0 Å². The Labute approximate surface area is 88.7 Å². The molecule has 1 rings (SSSR count). The van der Waals surface area contributed by atoms with E-state index in [1.165, 1.54) is 0 Å². The number of rotatable bonds is 1. The highest BCUT2D eigenvalue weighted by Gasteiger charge is 1.90. The minimum absolute atomic E-state index is 0. The van der Waals surface area contributed by atoms with Crippen molar-refractivity contribution < 1.29 is 4.74 Å². The van der Waals surface area contributed by atoms with Crippen LogP contribution in [0.25, 0.3) is 0 Å². The van der Waals surface area contributed by atoms with Gasteiger partial charge in [-0.25, -0.2) is 4.98 Å². The van der Waals surface area contributed by atoms with Gasteiger partial charge in [-0.05, 0) is 6.07 Å². The molecule has 0 spiro atoms. The summed E-state index contributed by atoms with van der Waals surface area (Å²) < 4.78 is 4.89. The molecule has 70 valence electrons. The van der Waals surface area contributed by atoms with Crippen LogP contribution in [0.4, 0.5) is 0 Å². The summed E-state index contributed by atoms with van der Waals surface area (Å²) in [6.07, 6.45) is 1.65. The molecule has 0 unspecified atom stereocenters. The third-order valence-electron chi connectivity index (χ3n) is 1.25. The fourth-order valence-corrected chi connectivity index (χ4v) is 0.777. The van der Waals surface area contributed by atoms with Crippen molar-refractivity contribution in [3.05, 3.63) is 23.9 Å².